The van der Waals surface area contributed by atoms with Crippen molar-refractivity contribution in [1.82, 2.24) is 5.32 Å². The fraction of sp³-hybridized carbons (Fsp3) is 0.167. The summed E-state index contributed by atoms with van der Waals surface area (Å²) >= 11 is 5.99. The lowest BCUT2D eigenvalue weighted by Gasteiger charge is -2.27. The average Bonchev–Trinajstić information content (AvgIpc) is 2.88. The van der Waals surface area contributed by atoms with E-state index in [1.54, 1.807) is 55.5 Å². The number of ether oxygens (including phenoxy) is 2. The van der Waals surface area contributed by atoms with Gasteiger partial charge in [-0.15, -0.1) is 6.58 Å². The highest BCUT2D eigenvalue weighted by Gasteiger charge is 2.37. The number of para-hydroxylation sites is 1. The molecule has 4 amide bonds. The molecule has 0 aliphatic carbocycles. The summed E-state index contributed by atoms with van der Waals surface area (Å²) in [5, 5.41) is 2.90. The Morgan fingerprint density at radius 2 is 1.76 bits per heavy atom. The van der Waals surface area contributed by atoms with Gasteiger partial charge in [0, 0.05) is 10.6 Å². The minimum absolute atomic E-state index is 0.172. The summed E-state index contributed by atoms with van der Waals surface area (Å²) in [6, 6.07) is 17.0. The van der Waals surface area contributed by atoms with Crippen LogP contribution in [-0.2, 0) is 22.6 Å². The lowest BCUT2D eigenvalue weighted by Crippen LogP contribution is -2.54. The van der Waals surface area contributed by atoms with Crippen LogP contribution in [0.1, 0.15) is 29.2 Å². The number of aryl methyl sites for hydroxylation is 1. The third-order valence-corrected chi connectivity index (χ3v) is 6.14. The average molecular weight is 531 g/mol. The van der Waals surface area contributed by atoms with Crippen LogP contribution in [0.2, 0.25) is 5.02 Å². The monoisotopic (exact) mass is 530 g/mol. The van der Waals surface area contributed by atoms with Crippen LogP contribution >= 0.6 is 11.6 Å². The number of barbiturate groups is 1. The SMILES string of the molecule is C=CCc1cc(/C=C2\C(=O)NC(=O)N(c3ccccc3C)C2=O)cc(OCC)c1OCc1ccc(Cl)cc1. The van der Waals surface area contributed by atoms with Crippen LogP contribution in [0.3, 0.4) is 0 Å². The Labute approximate surface area is 226 Å². The molecule has 0 radical (unpaired) electrons. The van der Waals surface area contributed by atoms with Crippen molar-refractivity contribution in [2.75, 3.05) is 11.5 Å². The minimum Gasteiger partial charge on any atom is -0.490 e. The predicted octanol–water partition coefficient (Wildman–Crippen LogP) is 6.02. The Morgan fingerprint density at radius 3 is 2.45 bits per heavy atom. The number of hydrogen-bond acceptors (Lipinski definition) is 5. The summed E-state index contributed by atoms with van der Waals surface area (Å²) in [7, 11) is 0. The molecule has 3 aromatic carbocycles. The van der Waals surface area contributed by atoms with Gasteiger partial charge in [-0.1, -0.05) is 48.0 Å². The molecule has 194 valence electrons. The summed E-state index contributed by atoms with van der Waals surface area (Å²) in [4.78, 5) is 39.7. The van der Waals surface area contributed by atoms with Crippen LogP contribution in [-0.4, -0.2) is 24.5 Å². The second-order valence-corrected chi connectivity index (χ2v) is 9.03. The van der Waals surface area contributed by atoms with Crippen LogP contribution in [0, 0.1) is 6.92 Å². The first-order chi connectivity index (χ1) is 18.3. The molecule has 1 aliphatic rings. The van der Waals surface area contributed by atoms with Gasteiger partial charge >= 0.3 is 6.03 Å². The van der Waals surface area contributed by atoms with Gasteiger partial charge in [-0.05, 0) is 73.4 Å². The standard InChI is InChI=1S/C30H27ClN2O5/c1-4-8-22-15-21(17-26(37-5-2)27(22)38-18-20-11-13-23(31)14-12-20)16-24-28(34)32-30(36)33(29(24)35)25-10-7-6-9-19(25)3/h4,6-7,9-17H,1,5,8,18H2,2-3H3,(H,32,34,36)/b24-16+. The molecule has 3 aromatic rings. The third-order valence-electron chi connectivity index (χ3n) is 5.88. The van der Waals surface area contributed by atoms with Gasteiger partial charge in [0.25, 0.3) is 11.8 Å². The van der Waals surface area contributed by atoms with Crippen LogP contribution in [0.15, 0.2) is 78.9 Å². The molecule has 1 aliphatic heterocycles. The minimum atomic E-state index is -0.792. The van der Waals surface area contributed by atoms with E-state index < -0.39 is 17.8 Å². The lowest BCUT2D eigenvalue weighted by molar-refractivity contribution is -0.122. The van der Waals surface area contributed by atoms with E-state index in [-0.39, 0.29) is 12.2 Å². The van der Waals surface area contributed by atoms with Gasteiger partial charge in [0.2, 0.25) is 0 Å². The normalized spacial score (nSPS) is 14.4. The molecule has 1 saturated heterocycles. The van der Waals surface area contributed by atoms with Gasteiger partial charge in [0.05, 0.1) is 12.3 Å². The van der Waals surface area contributed by atoms with Gasteiger partial charge in [-0.2, -0.15) is 0 Å². The molecule has 1 N–H and O–H groups in total. The van der Waals surface area contributed by atoms with Crippen molar-refractivity contribution >= 4 is 41.2 Å². The molecule has 0 aromatic heterocycles. The Kier molecular flexibility index (Phi) is 8.28. The fourth-order valence-corrected chi connectivity index (χ4v) is 4.22. The summed E-state index contributed by atoms with van der Waals surface area (Å²) in [6.07, 6.45) is 3.64. The number of nitrogens with zero attached hydrogens (tertiary/aromatic N) is 1. The van der Waals surface area contributed by atoms with Crippen molar-refractivity contribution in [1.29, 1.82) is 0 Å². The molecule has 0 atom stereocenters. The maximum atomic E-state index is 13.4. The molecule has 1 heterocycles. The Bertz CT molecular complexity index is 1430. The highest BCUT2D eigenvalue weighted by molar-refractivity contribution is 6.39. The quantitative estimate of drug-likeness (QED) is 0.208. The van der Waals surface area contributed by atoms with E-state index in [9.17, 15) is 14.4 Å². The molecule has 4 rings (SSSR count). The second-order valence-electron chi connectivity index (χ2n) is 8.59. The van der Waals surface area contributed by atoms with E-state index in [4.69, 9.17) is 21.1 Å². The molecular weight excluding hydrogens is 504 g/mol. The first kappa shape index (κ1) is 26.7. The molecule has 1 fully saturated rings. The van der Waals surface area contributed by atoms with Crippen LogP contribution in [0.25, 0.3) is 6.08 Å². The zero-order valence-electron chi connectivity index (χ0n) is 21.1. The van der Waals surface area contributed by atoms with Crippen molar-refractivity contribution in [3.05, 3.63) is 106 Å². The van der Waals surface area contributed by atoms with E-state index in [1.165, 1.54) is 6.08 Å². The van der Waals surface area contributed by atoms with Crippen molar-refractivity contribution < 1.29 is 23.9 Å². The van der Waals surface area contributed by atoms with Gasteiger partial charge in [-0.25, -0.2) is 9.69 Å². The van der Waals surface area contributed by atoms with E-state index >= 15 is 0 Å². The number of rotatable bonds is 9. The largest absolute Gasteiger partial charge is 0.490 e. The number of allylic oxidation sites excluding steroid dienone is 1. The maximum absolute atomic E-state index is 13.4. The number of nitrogens with one attached hydrogen (secondary N) is 1. The van der Waals surface area contributed by atoms with Crippen molar-refractivity contribution in [2.24, 2.45) is 0 Å². The highest BCUT2D eigenvalue weighted by atomic mass is 35.5. The molecule has 0 spiro atoms. The number of carbonyl (C=O) groups is 3. The molecule has 38 heavy (non-hydrogen) atoms. The van der Waals surface area contributed by atoms with Gasteiger partial charge in [0.15, 0.2) is 11.5 Å². The molecular formula is C30H27ClN2O5. The topological polar surface area (TPSA) is 84.9 Å². The van der Waals surface area contributed by atoms with Crippen LogP contribution in [0.5, 0.6) is 11.5 Å². The third kappa shape index (κ3) is 5.79. The van der Waals surface area contributed by atoms with Crippen LogP contribution < -0.4 is 19.7 Å². The maximum Gasteiger partial charge on any atom is 0.335 e. The van der Waals surface area contributed by atoms with Crippen molar-refractivity contribution in [2.45, 2.75) is 26.9 Å². The zero-order valence-corrected chi connectivity index (χ0v) is 21.9. The van der Waals surface area contributed by atoms with E-state index in [1.807, 2.05) is 25.1 Å². The smallest absolute Gasteiger partial charge is 0.335 e. The van der Waals surface area contributed by atoms with Crippen LogP contribution in [0.4, 0.5) is 10.5 Å². The molecule has 7 nitrogen and oxygen atoms in total. The number of anilines is 1. The first-order valence-electron chi connectivity index (χ1n) is 12.1. The zero-order chi connectivity index (χ0) is 27.2. The van der Waals surface area contributed by atoms with Gasteiger partial charge < -0.3 is 9.47 Å². The van der Waals surface area contributed by atoms with E-state index in [2.05, 4.69) is 11.9 Å². The summed E-state index contributed by atoms with van der Waals surface area (Å²) in [5.74, 6) is -0.473. The number of carbonyl (C=O) groups excluding carboxylic acids is 3. The van der Waals surface area contributed by atoms with Crippen molar-refractivity contribution in [3.8, 4) is 11.5 Å². The number of benzene rings is 3. The first-order valence-corrected chi connectivity index (χ1v) is 12.4. The molecule has 8 heteroatoms. The Balaban J connectivity index is 1.72. The molecule has 0 bridgehead atoms. The van der Waals surface area contributed by atoms with E-state index in [0.717, 1.165) is 21.6 Å². The lowest BCUT2D eigenvalue weighted by atomic mass is 10.0. The van der Waals surface area contributed by atoms with E-state index in [0.29, 0.717) is 40.8 Å². The highest BCUT2D eigenvalue weighted by Crippen LogP contribution is 2.36. The molecule has 0 unspecified atom stereocenters. The summed E-state index contributed by atoms with van der Waals surface area (Å²) in [6.45, 7) is 8.14. The van der Waals surface area contributed by atoms with Crippen molar-refractivity contribution in [3.63, 3.8) is 0 Å². The number of amides is 4. The summed E-state index contributed by atoms with van der Waals surface area (Å²) in [5.41, 5.74) is 3.19. The van der Waals surface area contributed by atoms with Gasteiger partial charge in [0.1, 0.15) is 12.2 Å². The summed E-state index contributed by atoms with van der Waals surface area (Å²) < 4.78 is 12.0. The number of imide groups is 2. The Morgan fingerprint density at radius 1 is 1.03 bits per heavy atom. The van der Waals surface area contributed by atoms with Gasteiger partial charge in [-0.3, -0.25) is 14.9 Å². The Hall–Kier alpha value is -4.36. The second kappa shape index (κ2) is 11.8. The number of hydrogen-bond donors (Lipinski definition) is 1. The predicted molar refractivity (Wildman–Crippen MR) is 147 cm³/mol. The molecule has 0 saturated carbocycles. The number of halogens is 1. The number of urea groups is 1. The fourth-order valence-electron chi connectivity index (χ4n) is 4.09.